The van der Waals surface area contributed by atoms with Crippen molar-refractivity contribution in [2.75, 3.05) is 7.11 Å². The highest BCUT2D eigenvalue weighted by Gasteiger charge is 2.07. The summed E-state index contributed by atoms with van der Waals surface area (Å²) in [6, 6.07) is 13.3. The van der Waals surface area contributed by atoms with Gasteiger partial charge >= 0.3 is 0 Å². The number of hydrogen-bond acceptors (Lipinski definition) is 2. The zero-order valence-electron chi connectivity index (χ0n) is 9.48. The van der Waals surface area contributed by atoms with Crippen LogP contribution in [0.15, 0.2) is 42.5 Å². The Hall–Kier alpha value is -1.51. The fraction of sp³-hybridized carbons (Fsp3) is 0.143. The highest BCUT2D eigenvalue weighted by molar-refractivity contribution is 6.31. The summed E-state index contributed by atoms with van der Waals surface area (Å²) in [4.78, 5) is 0. The molecule has 2 aromatic carbocycles. The van der Waals surface area contributed by atoms with Gasteiger partial charge in [-0.3, -0.25) is 0 Å². The first kappa shape index (κ1) is 12.0. The highest BCUT2D eigenvalue weighted by Crippen LogP contribution is 2.31. The van der Waals surface area contributed by atoms with Crippen LogP contribution in [0, 0.1) is 0 Å². The smallest absolute Gasteiger partial charge is 0.126 e. The Morgan fingerprint density at radius 1 is 1.18 bits per heavy atom. The predicted octanol–water partition coefficient (Wildman–Crippen LogP) is 3.51. The summed E-state index contributed by atoms with van der Waals surface area (Å²) < 4.78 is 5.31. The average molecular weight is 249 g/mol. The van der Waals surface area contributed by atoms with Gasteiger partial charge in [-0.05, 0) is 29.3 Å². The Kier molecular flexibility index (Phi) is 3.67. The van der Waals surface area contributed by atoms with Crippen molar-refractivity contribution < 1.29 is 9.84 Å². The molecule has 0 amide bonds. The van der Waals surface area contributed by atoms with Crippen LogP contribution in [0.1, 0.15) is 5.56 Å². The van der Waals surface area contributed by atoms with Crippen LogP contribution in [0.2, 0.25) is 5.02 Å². The molecule has 0 aliphatic rings. The first-order valence-electron chi connectivity index (χ1n) is 5.29. The summed E-state index contributed by atoms with van der Waals surface area (Å²) in [6.45, 7) is -0.0676. The molecule has 0 aromatic heterocycles. The van der Waals surface area contributed by atoms with E-state index in [0.717, 1.165) is 22.4 Å². The lowest BCUT2D eigenvalue weighted by Gasteiger charge is -2.10. The van der Waals surface area contributed by atoms with Gasteiger partial charge in [-0.25, -0.2) is 0 Å². The van der Waals surface area contributed by atoms with Gasteiger partial charge in [-0.2, -0.15) is 0 Å². The van der Waals surface area contributed by atoms with E-state index in [2.05, 4.69) is 0 Å². The largest absolute Gasteiger partial charge is 0.496 e. The Morgan fingerprint density at radius 3 is 2.65 bits per heavy atom. The zero-order chi connectivity index (χ0) is 12.3. The molecule has 0 spiro atoms. The second-order valence-electron chi connectivity index (χ2n) is 3.66. The van der Waals surface area contributed by atoms with Gasteiger partial charge < -0.3 is 9.84 Å². The van der Waals surface area contributed by atoms with Gasteiger partial charge in [0, 0.05) is 10.6 Å². The van der Waals surface area contributed by atoms with Crippen molar-refractivity contribution in [3.8, 4) is 16.9 Å². The second kappa shape index (κ2) is 5.21. The standard InChI is InChI=1S/C14H13ClO2/c1-17-14-5-3-2-4-12(14)10-6-7-13(15)11(8-10)9-16/h2-8,16H,9H2,1H3. The highest BCUT2D eigenvalue weighted by atomic mass is 35.5. The van der Waals surface area contributed by atoms with Crippen LogP contribution in [0.5, 0.6) is 5.75 Å². The minimum absolute atomic E-state index is 0.0676. The van der Waals surface area contributed by atoms with E-state index in [1.165, 1.54) is 0 Å². The Bertz CT molecular complexity index is 523. The van der Waals surface area contributed by atoms with Crippen molar-refractivity contribution in [3.63, 3.8) is 0 Å². The van der Waals surface area contributed by atoms with E-state index in [1.54, 1.807) is 13.2 Å². The number of aliphatic hydroxyl groups excluding tert-OH is 1. The molecule has 0 aliphatic carbocycles. The number of benzene rings is 2. The van der Waals surface area contributed by atoms with Crippen LogP contribution < -0.4 is 4.74 Å². The van der Waals surface area contributed by atoms with E-state index in [4.69, 9.17) is 16.3 Å². The molecule has 0 bridgehead atoms. The van der Waals surface area contributed by atoms with Crippen molar-refractivity contribution >= 4 is 11.6 Å². The van der Waals surface area contributed by atoms with E-state index < -0.39 is 0 Å². The molecule has 0 radical (unpaired) electrons. The number of hydrogen-bond donors (Lipinski definition) is 1. The molecular weight excluding hydrogens is 236 g/mol. The van der Waals surface area contributed by atoms with Crippen LogP contribution in [-0.4, -0.2) is 12.2 Å². The summed E-state index contributed by atoms with van der Waals surface area (Å²) in [5.74, 6) is 0.804. The fourth-order valence-corrected chi connectivity index (χ4v) is 1.92. The van der Waals surface area contributed by atoms with Crippen molar-refractivity contribution in [1.82, 2.24) is 0 Å². The average Bonchev–Trinajstić information content (AvgIpc) is 2.39. The number of methoxy groups -OCH3 is 1. The van der Waals surface area contributed by atoms with Crippen LogP contribution in [0.4, 0.5) is 0 Å². The maximum atomic E-state index is 9.20. The first-order chi connectivity index (χ1) is 8.26. The van der Waals surface area contributed by atoms with Crippen LogP contribution in [0.25, 0.3) is 11.1 Å². The summed E-state index contributed by atoms with van der Waals surface area (Å²) in [5, 5.41) is 9.78. The van der Waals surface area contributed by atoms with E-state index in [9.17, 15) is 5.11 Å². The molecule has 0 atom stereocenters. The molecule has 0 saturated carbocycles. The Morgan fingerprint density at radius 2 is 1.94 bits per heavy atom. The van der Waals surface area contributed by atoms with Gasteiger partial charge in [0.2, 0.25) is 0 Å². The van der Waals surface area contributed by atoms with Gasteiger partial charge in [-0.1, -0.05) is 35.9 Å². The maximum absolute atomic E-state index is 9.20. The molecule has 0 saturated heterocycles. The Labute approximate surface area is 105 Å². The normalized spacial score (nSPS) is 10.3. The number of ether oxygens (including phenoxy) is 1. The van der Waals surface area contributed by atoms with Gasteiger partial charge in [0.05, 0.1) is 13.7 Å². The lowest BCUT2D eigenvalue weighted by atomic mass is 10.0. The third kappa shape index (κ3) is 2.43. The lowest BCUT2D eigenvalue weighted by Crippen LogP contribution is -1.90. The van der Waals surface area contributed by atoms with Crippen molar-refractivity contribution in [2.45, 2.75) is 6.61 Å². The van der Waals surface area contributed by atoms with Gasteiger partial charge in [0.1, 0.15) is 5.75 Å². The molecule has 2 nitrogen and oxygen atoms in total. The van der Waals surface area contributed by atoms with Crippen molar-refractivity contribution in [1.29, 1.82) is 0 Å². The molecule has 3 heteroatoms. The van der Waals surface area contributed by atoms with Crippen LogP contribution in [-0.2, 0) is 6.61 Å². The third-order valence-corrected chi connectivity index (χ3v) is 3.00. The number of para-hydroxylation sites is 1. The maximum Gasteiger partial charge on any atom is 0.126 e. The summed E-state index contributed by atoms with van der Waals surface area (Å²) in [7, 11) is 1.64. The summed E-state index contributed by atoms with van der Waals surface area (Å²) in [5.41, 5.74) is 2.69. The van der Waals surface area contributed by atoms with E-state index in [1.807, 2.05) is 36.4 Å². The third-order valence-electron chi connectivity index (χ3n) is 2.63. The molecule has 0 fully saturated rings. The number of aliphatic hydroxyl groups is 1. The SMILES string of the molecule is COc1ccccc1-c1ccc(Cl)c(CO)c1. The number of halogens is 1. The zero-order valence-corrected chi connectivity index (χ0v) is 10.2. The molecule has 2 aromatic rings. The van der Waals surface area contributed by atoms with E-state index >= 15 is 0 Å². The Balaban J connectivity index is 2.53. The lowest BCUT2D eigenvalue weighted by molar-refractivity contribution is 0.282. The first-order valence-corrected chi connectivity index (χ1v) is 5.66. The van der Waals surface area contributed by atoms with E-state index in [0.29, 0.717) is 5.02 Å². The number of rotatable bonds is 3. The molecule has 2 rings (SSSR count). The summed E-state index contributed by atoms with van der Waals surface area (Å²) >= 11 is 5.97. The molecular formula is C14H13ClO2. The van der Waals surface area contributed by atoms with Crippen LogP contribution >= 0.6 is 11.6 Å². The molecule has 88 valence electrons. The van der Waals surface area contributed by atoms with Crippen molar-refractivity contribution in [3.05, 3.63) is 53.1 Å². The minimum Gasteiger partial charge on any atom is -0.496 e. The van der Waals surface area contributed by atoms with Gasteiger partial charge in [0.25, 0.3) is 0 Å². The second-order valence-corrected chi connectivity index (χ2v) is 4.07. The molecule has 1 N–H and O–H groups in total. The molecule has 17 heavy (non-hydrogen) atoms. The molecule has 0 heterocycles. The summed E-state index contributed by atoms with van der Waals surface area (Å²) in [6.07, 6.45) is 0. The topological polar surface area (TPSA) is 29.5 Å². The van der Waals surface area contributed by atoms with E-state index in [-0.39, 0.29) is 6.61 Å². The van der Waals surface area contributed by atoms with Crippen molar-refractivity contribution in [2.24, 2.45) is 0 Å². The quantitative estimate of drug-likeness (QED) is 0.901. The van der Waals surface area contributed by atoms with Gasteiger partial charge in [0.15, 0.2) is 0 Å². The molecule has 0 unspecified atom stereocenters. The molecule has 0 aliphatic heterocycles. The van der Waals surface area contributed by atoms with Crippen LogP contribution in [0.3, 0.4) is 0 Å². The minimum atomic E-state index is -0.0676. The predicted molar refractivity (Wildman–Crippen MR) is 69.4 cm³/mol. The fourth-order valence-electron chi connectivity index (χ4n) is 1.75. The van der Waals surface area contributed by atoms with Gasteiger partial charge in [-0.15, -0.1) is 0 Å². The monoisotopic (exact) mass is 248 g/mol.